The Morgan fingerprint density at radius 2 is 0.912 bits per heavy atom. The standard InChI is InChI=1S/C30H61NO2P/c1-6-8-9-10-11-12-13-14-15-16-17-18-19-20-21-22-23-24-25-26-27-28-29-30(7-2,34(32)33)31(3,4)5/h24-25H,6-23,26-29H2,1-5H3/q+1. The molecule has 0 radical (unpaired) electrons. The number of nitrogens with zero attached hydrogens (tertiary/aromatic N) is 1. The molecule has 0 heterocycles. The topological polar surface area (TPSA) is 34.1 Å². The third-order valence-corrected chi connectivity index (χ3v) is 9.56. The molecule has 3 nitrogen and oxygen atoms in total. The lowest BCUT2D eigenvalue weighted by Gasteiger charge is -2.40. The molecule has 1 atom stereocenters. The highest BCUT2D eigenvalue weighted by atomic mass is 31.1. The Morgan fingerprint density at radius 3 is 1.24 bits per heavy atom. The fourth-order valence-corrected chi connectivity index (χ4v) is 6.26. The summed E-state index contributed by atoms with van der Waals surface area (Å²) in [7, 11) is 3.59. The summed E-state index contributed by atoms with van der Waals surface area (Å²) in [6.07, 6.45) is 33.2. The third-order valence-electron chi connectivity index (χ3n) is 7.74. The molecule has 4 heteroatoms. The Bertz CT molecular complexity index is 542. The van der Waals surface area contributed by atoms with E-state index in [9.17, 15) is 9.13 Å². The number of hydrogen-bond donors (Lipinski definition) is 0. The van der Waals surface area contributed by atoms with Crippen molar-refractivity contribution in [3.8, 4) is 0 Å². The molecular formula is C30H61NO2P+. The zero-order valence-electron chi connectivity index (χ0n) is 23.9. The van der Waals surface area contributed by atoms with E-state index in [-0.39, 0.29) is 0 Å². The number of unbranched alkanes of at least 4 members (excludes halogenated alkanes) is 18. The summed E-state index contributed by atoms with van der Waals surface area (Å²) in [6.45, 7) is 4.30. The SMILES string of the molecule is CCCCCCCCCCCCCCCCCCC=CCCCCC(CC)(P(=O)=O)[N+](C)(C)C. The molecule has 0 saturated carbocycles. The van der Waals surface area contributed by atoms with E-state index in [0.717, 1.165) is 25.7 Å². The quantitative estimate of drug-likeness (QED) is 0.0543. The molecule has 0 amide bonds. The summed E-state index contributed by atoms with van der Waals surface area (Å²) in [4.78, 5) is 0. The molecule has 0 aromatic heterocycles. The maximum Gasteiger partial charge on any atom is 0.378 e. The summed E-state index contributed by atoms with van der Waals surface area (Å²) in [5.41, 5.74) is 0. The lowest BCUT2D eigenvalue weighted by atomic mass is 10.0. The first-order valence-electron chi connectivity index (χ1n) is 14.9. The molecule has 0 saturated heterocycles. The Labute approximate surface area is 215 Å². The molecule has 0 aromatic carbocycles. The van der Waals surface area contributed by atoms with Crippen LogP contribution in [-0.4, -0.2) is 30.9 Å². The fraction of sp³-hybridized carbons (Fsp3) is 0.933. The van der Waals surface area contributed by atoms with Crippen molar-refractivity contribution in [3.63, 3.8) is 0 Å². The molecule has 0 aliphatic carbocycles. The summed E-state index contributed by atoms with van der Waals surface area (Å²) in [6, 6.07) is 0. The van der Waals surface area contributed by atoms with Crippen LogP contribution in [0.2, 0.25) is 0 Å². The van der Waals surface area contributed by atoms with Gasteiger partial charge in [0.15, 0.2) is 0 Å². The molecule has 0 aromatic rings. The molecule has 0 rings (SSSR count). The van der Waals surface area contributed by atoms with Crippen LogP contribution in [0.5, 0.6) is 0 Å². The van der Waals surface area contributed by atoms with Crippen LogP contribution in [0, 0.1) is 0 Å². The first kappa shape index (κ1) is 33.6. The first-order valence-corrected chi connectivity index (χ1v) is 16.1. The summed E-state index contributed by atoms with van der Waals surface area (Å²) in [5.74, 6) is 0. The van der Waals surface area contributed by atoms with Crippen molar-refractivity contribution in [1.29, 1.82) is 0 Å². The van der Waals surface area contributed by atoms with E-state index in [1.807, 2.05) is 28.1 Å². The van der Waals surface area contributed by atoms with E-state index in [4.69, 9.17) is 0 Å². The lowest BCUT2D eigenvalue weighted by molar-refractivity contribution is -0.908. The van der Waals surface area contributed by atoms with Gasteiger partial charge >= 0.3 is 7.68 Å². The summed E-state index contributed by atoms with van der Waals surface area (Å²) >= 11 is 0. The normalized spacial score (nSPS) is 14.0. The van der Waals surface area contributed by atoms with Gasteiger partial charge in [-0.25, -0.2) is 9.13 Å². The van der Waals surface area contributed by atoms with Gasteiger partial charge in [-0.05, 0) is 32.1 Å². The molecule has 34 heavy (non-hydrogen) atoms. The number of hydrogen-bond acceptors (Lipinski definition) is 2. The van der Waals surface area contributed by atoms with Crippen molar-refractivity contribution in [1.82, 2.24) is 0 Å². The molecule has 0 aliphatic rings. The van der Waals surface area contributed by atoms with Gasteiger partial charge in [-0.2, -0.15) is 0 Å². The predicted octanol–water partition coefficient (Wildman–Crippen LogP) is 10.7. The average molecular weight is 499 g/mol. The van der Waals surface area contributed by atoms with E-state index in [1.165, 1.54) is 109 Å². The minimum atomic E-state index is -2.43. The second kappa shape index (κ2) is 21.8. The van der Waals surface area contributed by atoms with Crippen LogP contribution < -0.4 is 0 Å². The van der Waals surface area contributed by atoms with Crippen LogP contribution in [0.15, 0.2) is 12.2 Å². The van der Waals surface area contributed by atoms with Crippen molar-refractivity contribution in [3.05, 3.63) is 12.2 Å². The molecule has 0 bridgehead atoms. The summed E-state index contributed by atoms with van der Waals surface area (Å²) in [5, 5.41) is -0.618. The highest BCUT2D eigenvalue weighted by Crippen LogP contribution is 2.42. The Kier molecular flexibility index (Phi) is 21.6. The van der Waals surface area contributed by atoms with Gasteiger partial charge in [0.2, 0.25) is 5.28 Å². The lowest BCUT2D eigenvalue weighted by Crippen LogP contribution is -2.53. The van der Waals surface area contributed by atoms with Gasteiger partial charge in [0.05, 0.1) is 21.1 Å². The largest absolute Gasteiger partial charge is 0.378 e. The Morgan fingerprint density at radius 1 is 0.559 bits per heavy atom. The van der Waals surface area contributed by atoms with Gasteiger partial charge in [-0.1, -0.05) is 122 Å². The second-order valence-corrected chi connectivity index (χ2v) is 12.8. The molecule has 1 unspecified atom stereocenters. The van der Waals surface area contributed by atoms with Crippen LogP contribution in [-0.2, 0) is 9.13 Å². The summed E-state index contributed by atoms with van der Waals surface area (Å²) < 4.78 is 24.4. The Hall–Kier alpha value is -0.400. The minimum absolute atomic E-state index is 0.497. The zero-order chi connectivity index (χ0) is 25.5. The van der Waals surface area contributed by atoms with Gasteiger partial charge in [0.25, 0.3) is 0 Å². The van der Waals surface area contributed by atoms with Crippen LogP contribution in [0.1, 0.15) is 155 Å². The number of quaternary nitrogens is 1. The zero-order valence-corrected chi connectivity index (χ0v) is 24.8. The molecule has 0 N–H and O–H groups in total. The van der Waals surface area contributed by atoms with Crippen molar-refractivity contribution in [2.24, 2.45) is 0 Å². The molecule has 0 aliphatic heterocycles. The van der Waals surface area contributed by atoms with Crippen LogP contribution >= 0.6 is 7.68 Å². The van der Waals surface area contributed by atoms with Gasteiger partial charge in [0, 0.05) is 12.8 Å². The minimum Gasteiger partial charge on any atom is -0.314 e. The van der Waals surface area contributed by atoms with E-state index in [2.05, 4.69) is 19.1 Å². The third kappa shape index (κ3) is 16.3. The molecule has 0 spiro atoms. The van der Waals surface area contributed by atoms with E-state index < -0.39 is 13.0 Å². The predicted molar refractivity (Wildman–Crippen MR) is 151 cm³/mol. The monoisotopic (exact) mass is 498 g/mol. The van der Waals surface area contributed by atoms with Crippen molar-refractivity contribution in [2.75, 3.05) is 21.1 Å². The van der Waals surface area contributed by atoms with E-state index >= 15 is 0 Å². The molecule has 0 fully saturated rings. The Balaban J connectivity index is 3.49. The van der Waals surface area contributed by atoms with Crippen molar-refractivity contribution < 1.29 is 13.6 Å². The number of rotatable bonds is 25. The molecule has 202 valence electrons. The average Bonchev–Trinajstić information content (AvgIpc) is 2.78. The maximum absolute atomic E-state index is 12.0. The van der Waals surface area contributed by atoms with Gasteiger partial charge < -0.3 is 4.48 Å². The van der Waals surface area contributed by atoms with Gasteiger partial charge in [0.1, 0.15) is 0 Å². The van der Waals surface area contributed by atoms with Crippen LogP contribution in [0.25, 0.3) is 0 Å². The van der Waals surface area contributed by atoms with Crippen molar-refractivity contribution >= 4 is 7.68 Å². The van der Waals surface area contributed by atoms with Crippen LogP contribution in [0.3, 0.4) is 0 Å². The maximum atomic E-state index is 12.0. The van der Waals surface area contributed by atoms with Crippen LogP contribution in [0.4, 0.5) is 0 Å². The smallest absolute Gasteiger partial charge is 0.314 e. The van der Waals surface area contributed by atoms with E-state index in [1.54, 1.807) is 0 Å². The second-order valence-electron chi connectivity index (χ2n) is 11.4. The number of allylic oxidation sites excluding steroid dienone is 2. The molecular weight excluding hydrogens is 437 g/mol. The first-order chi connectivity index (χ1) is 16.3. The van der Waals surface area contributed by atoms with E-state index in [0.29, 0.717) is 10.9 Å². The highest BCUT2D eigenvalue weighted by Gasteiger charge is 2.46. The van der Waals surface area contributed by atoms with Crippen molar-refractivity contribution in [2.45, 2.75) is 160 Å². The van der Waals surface area contributed by atoms with Gasteiger partial charge in [-0.3, -0.25) is 0 Å². The van der Waals surface area contributed by atoms with Gasteiger partial charge in [-0.15, -0.1) is 0 Å². The highest BCUT2D eigenvalue weighted by molar-refractivity contribution is 7.32. The fourth-order valence-electron chi connectivity index (χ4n) is 5.17.